The second-order valence-electron chi connectivity index (χ2n) is 6.42. The fourth-order valence-electron chi connectivity index (χ4n) is 2.37. The van der Waals surface area contributed by atoms with Gasteiger partial charge >= 0.3 is 0 Å². The van der Waals surface area contributed by atoms with Crippen molar-refractivity contribution in [1.82, 2.24) is 5.32 Å². The number of carbonyl (C=O) groups excluding carboxylic acids is 1. The molecule has 0 radical (unpaired) electrons. The summed E-state index contributed by atoms with van der Waals surface area (Å²) in [5.74, 6) is 1.83. The molecule has 0 unspecified atom stereocenters. The smallest absolute Gasteiger partial charge is 0.260 e. The predicted molar refractivity (Wildman–Crippen MR) is 120 cm³/mol. The average Bonchev–Trinajstić information content (AvgIpc) is 2.68. The number of rotatable bonds is 10. The summed E-state index contributed by atoms with van der Waals surface area (Å²) >= 11 is 7.81. The third kappa shape index (κ3) is 7.45. The molecule has 0 bridgehead atoms. The highest BCUT2D eigenvalue weighted by atomic mass is 35.5. The molecule has 2 aromatic carbocycles. The van der Waals surface area contributed by atoms with E-state index in [-0.39, 0.29) is 5.91 Å². The molecule has 0 fully saturated rings. The van der Waals surface area contributed by atoms with E-state index in [2.05, 4.69) is 5.32 Å². The molecule has 0 aliphatic heterocycles. The summed E-state index contributed by atoms with van der Waals surface area (Å²) in [6.45, 7) is 2.20. The molecule has 2 aromatic rings. The Bertz CT molecular complexity index is 920. The number of carbonyl (C=O) groups is 1. The van der Waals surface area contributed by atoms with Gasteiger partial charge in [0.1, 0.15) is 5.75 Å². The van der Waals surface area contributed by atoms with Crippen LogP contribution in [0.4, 0.5) is 5.69 Å². The summed E-state index contributed by atoms with van der Waals surface area (Å²) in [5.41, 5.74) is 1.60. The van der Waals surface area contributed by atoms with Gasteiger partial charge in [0.05, 0.1) is 11.9 Å². The maximum atomic E-state index is 12.2. The van der Waals surface area contributed by atoms with Gasteiger partial charge in [-0.1, -0.05) is 29.8 Å². The van der Waals surface area contributed by atoms with Crippen LogP contribution in [0.15, 0.2) is 48.5 Å². The van der Waals surface area contributed by atoms with Gasteiger partial charge in [0, 0.05) is 30.1 Å². The molecule has 0 aliphatic carbocycles. The highest BCUT2D eigenvalue weighted by molar-refractivity contribution is 7.98. The summed E-state index contributed by atoms with van der Waals surface area (Å²) in [6.07, 6.45) is 0.471. The Balaban J connectivity index is 1.74. The summed E-state index contributed by atoms with van der Waals surface area (Å²) in [7, 11) is -1.84. The zero-order valence-electron chi connectivity index (χ0n) is 16.6. The van der Waals surface area contributed by atoms with Crippen molar-refractivity contribution in [2.75, 3.05) is 29.9 Å². The number of thioether (sulfide) groups is 1. The van der Waals surface area contributed by atoms with Gasteiger partial charge < -0.3 is 10.1 Å². The highest BCUT2D eigenvalue weighted by Gasteiger charge is 2.15. The van der Waals surface area contributed by atoms with E-state index < -0.39 is 16.1 Å². The normalized spacial score (nSPS) is 12.3. The molecular weight excluding hydrogens is 432 g/mol. The molecule has 158 valence electrons. The molecule has 1 atom stereocenters. The van der Waals surface area contributed by atoms with Crippen molar-refractivity contribution < 1.29 is 17.9 Å². The Morgan fingerprint density at radius 1 is 1.21 bits per heavy atom. The highest BCUT2D eigenvalue weighted by Crippen LogP contribution is 2.22. The van der Waals surface area contributed by atoms with Crippen LogP contribution >= 0.6 is 23.4 Å². The molecular formula is C20H25ClN2O4S2. The summed E-state index contributed by atoms with van der Waals surface area (Å²) in [6, 6.07) is 14.2. The molecule has 0 heterocycles. The van der Waals surface area contributed by atoms with Crippen LogP contribution in [-0.4, -0.2) is 46.0 Å². The number of sulfonamides is 1. The third-order valence-electron chi connectivity index (χ3n) is 4.14. The maximum absolute atomic E-state index is 12.2. The molecule has 29 heavy (non-hydrogen) atoms. The number of benzene rings is 2. The van der Waals surface area contributed by atoms with Crippen molar-refractivity contribution in [2.45, 2.75) is 18.8 Å². The second-order valence-corrected chi connectivity index (χ2v) is 9.95. The maximum Gasteiger partial charge on any atom is 0.260 e. The van der Waals surface area contributed by atoms with Crippen LogP contribution in [0, 0.1) is 0 Å². The lowest BCUT2D eigenvalue weighted by molar-refractivity contribution is -0.127. The quantitative estimate of drug-likeness (QED) is 0.553. The Kier molecular flexibility index (Phi) is 8.67. The first-order chi connectivity index (χ1) is 13.7. The molecule has 0 aromatic heterocycles. The van der Waals surface area contributed by atoms with Crippen LogP contribution in [0.1, 0.15) is 12.5 Å². The Morgan fingerprint density at radius 2 is 1.86 bits per heavy atom. The molecule has 0 saturated carbocycles. The van der Waals surface area contributed by atoms with Gasteiger partial charge in [0.25, 0.3) is 5.91 Å². The van der Waals surface area contributed by atoms with E-state index >= 15 is 0 Å². The van der Waals surface area contributed by atoms with Crippen molar-refractivity contribution >= 4 is 45.0 Å². The average molecular weight is 457 g/mol. The molecule has 0 saturated heterocycles. The molecule has 2 rings (SSSR count). The minimum Gasteiger partial charge on any atom is -0.481 e. The van der Waals surface area contributed by atoms with Crippen LogP contribution in [0.25, 0.3) is 0 Å². The van der Waals surface area contributed by atoms with Crippen molar-refractivity contribution in [3.63, 3.8) is 0 Å². The number of nitrogens with zero attached hydrogens (tertiary/aromatic N) is 1. The molecule has 1 amide bonds. The van der Waals surface area contributed by atoms with E-state index in [9.17, 15) is 13.2 Å². The molecule has 6 nitrogen and oxygen atoms in total. The van der Waals surface area contributed by atoms with Gasteiger partial charge in [-0.05, 0) is 42.8 Å². The number of nitrogens with one attached hydrogen (secondary N) is 1. The van der Waals surface area contributed by atoms with Crippen molar-refractivity contribution in [3.05, 3.63) is 59.1 Å². The van der Waals surface area contributed by atoms with E-state index in [0.717, 1.165) is 28.3 Å². The third-order valence-corrected chi connectivity index (χ3v) is 6.72. The van der Waals surface area contributed by atoms with Gasteiger partial charge in [-0.25, -0.2) is 8.42 Å². The van der Waals surface area contributed by atoms with E-state index in [1.54, 1.807) is 43.0 Å². The molecule has 9 heteroatoms. The van der Waals surface area contributed by atoms with Gasteiger partial charge in [-0.3, -0.25) is 9.10 Å². The number of halogens is 1. The van der Waals surface area contributed by atoms with E-state index in [0.29, 0.717) is 18.0 Å². The first kappa shape index (κ1) is 23.4. The zero-order chi connectivity index (χ0) is 21.4. The fraction of sp³-hybridized carbons (Fsp3) is 0.350. The van der Waals surface area contributed by atoms with Crippen molar-refractivity contribution in [3.8, 4) is 5.75 Å². The number of hydrogen-bond acceptors (Lipinski definition) is 5. The molecule has 0 aliphatic rings. The summed E-state index contributed by atoms with van der Waals surface area (Å²) < 4.78 is 29.9. The SMILES string of the molecule is C[C@H](Oc1ccc(N(C)S(C)(=O)=O)cc1)C(=O)NCCSCc1ccccc1Cl. The van der Waals surface area contributed by atoms with Crippen LogP contribution in [0.3, 0.4) is 0 Å². The molecule has 0 spiro atoms. The first-order valence-electron chi connectivity index (χ1n) is 8.98. The monoisotopic (exact) mass is 456 g/mol. The van der Waals surface area contributed by atoms with Crippen LogP contribution in [0.5, 0.6) is 5.75 Å². The lowest BCUT2D eigenvalue weighted by Gasteiger charge is -2.18. The molecule has 1 N–H and O–H groups in total. The lowest BCUT2D eigenvalue weighted by atomic mass is 10.2. The summed E-state index contributed by atoms with van der Waals surface area (Å²) in [5, 5.41) is 3.60. The summed E-state index contributed by atoms with van der Waals surface area (Å²) in [4.78, 5) is 12.2. The number of hydrogen-bond donors (Lipinski definition) is 1. The first-order valence-corrected chi connectivity index (χ1v) is 12.4. The van der Waals surface area contributed by atoms with Gasteiger partial charge in [-0.2, -0.15) is 11.8 Å². The Labute approximate surface area is 181 Å². The number of anilines is 1. The van der Waals surface area contributed by atoms with Gasteiger partial charge in [0.2, 0.25) is 10.0 Å². The zero-order valence-corrected chi connectivity index (χ0v) is 19.0. The van der Waals surface area contributed by atoms with Gasteiger partial charge in [0.15, 0.2) is 6.10 Å². The lowest BCUT2D eigenvalue weighted by Crippen LogP contribution is -2.37. The predicted octanol–water partition coefficient (Wildman–Crippen LogP) is 3.55. The largest absolute Gasteiger partial charge is 0.481 e. The minimum absolute atomic E-state index is 0.208. The number of amides is 1. The van der Waals surface area contributed by atoms with Crippen LogP contribution in [-0.2, 0) is 20.6 Å². The van der Waals surface area contributed by atoms with Crippen LogP contribution in [0.2, 0.25) is 5.02 Å². The van der Waals surface area contributed by atoms with E-state index in [1.165, 1.54) is 11.4 Å². The van der Waals surface area contributed by atoms with Crippen molar-refractivity contribution in [1.29, 1.82) is 0 Å². The second kappa shape index (κ2) is 10.8. The standard InChI is InChI=1S/C20H25ClN2O4S2/c1-15(27-18-10-8-17(9-11-18)23(2)29(3,25)26)20(24)22-12-13-28-14-16-6-4-5-7-19(16)21/h4-11,15H,12-14H2,1-3H3,(H,22,24)/t15-/m0/s1. The number of ether oxygens (including phenoxy) is 1. The Hall–Kier alpha value is -1.90. The van der Waals surface area contributed by atoms with Gasteiger partial charge in [-0.15, -0.1) is 0 Å². The van der Waals surface area contributed by atoms with E-state index in [4.69, 9.17) is 16.3 Å². The van der Waals surface area contributed by atoms with Crippen LogP contribution < -0.4 is 14.4 Å². The minimum atomic E-state index is -3.32. The Morgan fingerprint density at radius 3 is 2.48 bits per heavy atom. The van der Waals surface area contributed by atoms with Crippen molar-refractivity contribution in [2.24, 2.45) is 0 Å². The fourth-order valence-corrected chi connectivity index (χ4v) is 4.02. The van der Waals surface area contributed by atoms with E-state index in [1.807, 2.05) is 24.3 Å². The topological polar surface area (TPSA) is 75.7 Å².